The van der Waals surface area contributed by atoms with E-state index in [1.54, 1.807) is 4.68 Å². The Morgan fingerprint density at radius 3 is 2.67 bits per heavy atom. The fourth-order valence-corrected chi connectivity index (χ4v) is 1.55. The van der Waals surface area contributed by atoms with E-state index in [4.69, 9.17) is 5.11 Å². The van der Waals surface area contributed by atoms with E-state index in [0.717, 1.165) is 12.1 Å². The van der Waals surface area contributed by atoms with Crippen LogP contribution in [0.5, 0.6) is 0 Å². The number of benzene rings is 1. The SMILES string of the molecule is Cn1nnc(CO)c1Cc1ccccc1. The third-order valence-corrected chi connectivity index (χ3v) is 2.39. The van der Waals surface area contributed by atoms with Gasteiger partial charge in [-0.05, 0) is 5.56 Å². The molecule has 2 aromatic rings. The quantitative estimate of drug-likeness (QED) is 0.806. The predicted octanol–water partition coefficient (Wildman–Crippen LogP) is 0.898. The molecule has 4 heteroatoms. The van der Waals surface area contributed by atoms with E-state index in [-0.39, 0.29) is 6.61 Å². The van der Waals surface area contributed by atoms with Gasteiger partial charge in [0.25, 0.3) is 0 Å². The molecule has 0 unspecified atom stereocenters. The van der Waals surface area contributed by atoms with Crippen molar-refractivity contribution in [1.29, 1.82) is 0 Å². The Labute approximate surface area is 88.2 Å². The number of aliphatic hydroxyl groups is 1. The van der Waals surface area contributed by atoms with Gasteiger partial charge in [0.1, 0.15) is 5.69 Å². The van der Waals surface area contributed by atoms with E-state index in [0.29, 0.717) is 5.69 Å². The van der Waals surface area contributed by atoms with Crippen molar-refractivity contribution in [3.05, 3.63) is 47.3 Å². The second-order valence-corrected chi connectivity index (χ2v) is 3.43. The zero-order chi connectivity index (χ0) is 10.7. The van der Waals surface area contributed by atoms with Crippen LogP contribution in [-0.4, -0.2) is 20.1 Å². The summed E-state index contributed by atoms with van der Waals surface area (Å²) in [6.07, 6.45) is 0.750. The van der Waals surface area contributed by atoms with Crippen LogP contribution in [0.3, 0.4) is 0 Å². The number of nitrogens with zero attached hydrogens (tertiary/aromatic N) is 3. The summed E-state index contributed by atoms with van der Waals surface area (Å²) in [5.74, 6) is 0. The summed E-state index contributed by atoms with van der Waals surface area (Å²) in [7, 11) is 1.84. The summed E-state index contributed by atoms with van der Waals surface area (Å²) in [4.78, 5) is 0. The van der Waals surface area contributed by atoms with Gasteiger partial charge in [0, 0.05) is 13.5 Å². The van der Waals surface area contributed by atoms with Crippen molar-refractivity contribution in [1.82, 2.24) is 15.0 Å². The zero-order valence-electron chi connectivity index (χ0n) is 8.59. The van der Waals surface area contributed by atoms with Gasteiger partial charge in [-0.25, -0.2) is 0 Å². The number of rotatable bonds is 3. The largest absolute Gasteiger partial charge is 0.390 e. The van der Waals surface area contributed by atoms with Crippen molar-refractivity contribution >= 4 is 0 Å². The fraction of sp³-hybridized carbons (Fsp3) is 0.273. The molecular weight excluding hydrogens is 190 g/mol. The molecular formula is C11H13N3O. The summed E-state index contributed by atoms with van der Waals surface area (Å²) in [6.45, 7) is -0.0595. The molecule has 0 amide bonds. The number of aromatic nitrogens is 3. The summed E-state index contributed by atoms with van der Waals surface area (Å²) in [6, 6.07) is 10.1. The van der Waals surface area contributed by atoms with Gasteiger partial charge in [-0.15, -0.1) is 5.10 Å². The molecule has 0 aliphatic carbocycles. The molecule has 1 aromatic carbocycles. The van der Waals surface area contributed by atoms with Crippen molar-refractivity contribution in [3.63, 3.8) is 0 Å². The molecule has 0 radical (unpaired) electrons. The smallest absolute Gasteiger partial charge is 0.112 e. The monoisotopic (exact) mass is 203 g/mol. The van der Waals surface area contributed by atoms with Crippen molar-refractivity contribution in [2.75, 3.05) is 0 Å². The molecule has 1 aromatic heterocycles. The van der Waals surface area contributed by atoms with Crippen molar-refractivity contribution < 1.29 is 5.11 Å². The Balaban J connectivity index is 2.27. The maximum absolute atomic E-state index is 9.09. The zero-order valence-corrected chi connectivity index (χ0v) is 8.59. The first-order valence-corrected chi connectivity index (χ1v) is 4.83. The minimum Gasteiger partial charge on any atom is -0.390 e. The maximum atomic E-state index is 9.09. The molecule has 0 saturated heterocycles. The standard InChI is InChI=1S/C11H13N3O/c1-14-11(10(8-15)12-13-14)7-9-5-3-2-4-6-9/h2-6,15H,7-8H2,1H3. The van der Waals surface area contributed by atoms with Crippen LogP contribution in [0.25, 0.3) is 0 Å². The third-order valence-electron chi connectivity index (χ3n) is 2.39. The molecule has 15 heavy (non-hydrogen) atoms. The Hall–Kier alpha value is -1.68. The molecule has 0 aliphatic heterocycles. The molecule has 0 aliphatic rings. The van der Waals surface area contributed by atoms with E-state index in [1.807, 2.05) is 37.4 Å². The second kappa shape index (κ2) is 4.23. The molecule has 2 rings (SSSR count). The highest BCUT2D eigenvalue weighted by Crippen LogP contribution is 2.11. The molecule has 0 bridgehead atoms. The highest BCUT2D eigenvalue weighted by Gasteiger charge is 2.09. The molecule has 78 valence electrons. The highest BCUT2D eigenvalue weighted by molar-refractivity contribution is 5.23. The summed E-state index contributed by atoms with van der Waals surface area (Å²) in [5.41, 5.74) is 2.81. The van der Waals surface area contributed by atoms with Crippen LogP contribution in [0, 0.1) is 0 Å². The van der Waals surface area contributed by atoms with Gasteiger partial charge in [-0.1, -0.05) is 35.5 Å². The minimum absolute atomic E-state index is 0.0595. The van der Waals surface area contributed by atoms with Crippen LogP contribution in [0.2, 0.25) is 0 Å². The lowest BCUT2D eigenvalue weighted by molar-refractivity contribution is 0.275. The van der Waals surface area contributed by atoms with Gasteiger partial charge in [0.05, 0.1) is 12.3 Å². The lowest BCUT2D eigenvalue weighted by atomic mass is 10.1. The molecule has 1 heterocycles. The van der Waals surface area contributed by atoms with E-state index in [2.05, 4.69) is 10.3 Å². The Kier molecular flexibility index (Phi) is 2.78. The topological polar surface area (TPSA) is 50.9 Å². The highest BCUT2D eigenvalue weighted by atomic mass is 16.3. The molecule has 0 atom stereocenters. The van der Waals surface area contributed by atoms with Crippen LogP contribution >= 0.6 is 0 Å². The third kappa shape index (κ3) is 2.05. The van der Waals surface area contributed by atoms with E-state index in [1.165, 1.54) is 5.56 Å². The van der Waals surface area contributed by atoms with Crippen molar-refractivity contribution in [2.24, 2.45) is 7.05 Å². The molecule has 4 nitrogen and oxygen atoms in total. The summed E-state index contributed by atoms with van der Waals surface area (Å²) < 4.78 is 1.71. The van der Waals surface area contributed by atoms with Gasteiger partial charge in [0.2, 0.25) is 0 Å². The Bertz CT molecular complexity index is 436. The lowest BCUT2D eigenvalue weighted by Crippen LogP contribution is -2.01. The van der Waals surface area contributed by atoms with Crippen LogP contribution in [0.15, 0.2) is 30.3 Å². The minimum atomic E-state index is -0.0595. The van der Waals surface area contributed by atoms with Crippen LogP contribution in [0.4, 0.5) is 0 Å². The molecule has 0 saturated carbocycles. The number of aliphatic hydroxyl groups excluding tert-OH is 1. The van der Waals surface area contributed by atoms with Crippen LogP contribution in [0.1, 0.15) is 17.0 Å². The maximum Gasteiger partial charge on any atom is 0.112 e. The Morgan fingerprint density at radius 2 is 2.00 bits per heavy atom. The molecule has 1 N–H and O–H groups in total. The van der Waals surface area contributed by atoms with Gasteiger partial charge >= 0.3 is 0 Å². The van der Waals surface area contributed by atoms with E-state index < -0.39 is 0 Å². The van der Waals surface area contributed by atoms with Crippen LogP contribution in [-0.2, 0) is 20.1 Å². The number of aryl methyl sites for hydroxylation is 1. The fourth-order valence-electron chi connectivity index (χ4n) is 1.55. The lowest BCUT2D eigenvalue weighted by Gasteiger charge is -2.02. The van der Waals surface area contributed by atoms with Gasteiger partial charge in [-0.3, -0.25) is 4.68 Å². The van der Waals surface area contributed by atoms with Gasteiger partial charge in [0.15, 0.2) is 0 Å². The molecule has 0 spiro atoms. The van der Waals surface area contributed by atoms with Gasteiger partial charge in [-0.2, -0.15) is 0 Å². The first-order chi connectivity index (χ1) is 7.31. The normalized spacial score (nSPS) is 10.5. The summed E-state index contributed by atoms with van der Waals surface area (Å²) in [5, 5.41) is 16.9. The number of hydrogen-bond acceptors (Lipinski definition) is 3. The molecule has 0 fully saturated rings. The predicted molar refractivity (Wildman–Crippen MR) is 56.2 cm³/mol. The first-order valence-electron chi connectivity index (χ1n) is 4.83. The first kappa shape index (κ1) is 9.86. The van der Waals surface area contributed by atoms with Crippen molar-refractivity contribution in [2.45, 2.75) is 13.0 Å². The van der Waals surface area contributed by atoms with Gasteiger partial charge < -0.3 is 5.11 Å². The second-order valence-electron chi connectivity index (χ2n) is 3.43. The Morgan fingerprint density at radius 1 is 1.27 bits per heavy atom. The van der Waals surface area contributed by atoms with Crippen molar-refractivity contribution in [3.8, 4) is 0 Å². The van der Waals surface area contributed by atoms with Crippen LogP contribution < -0.4 is 0 Å². The van der Waals surface area contributed by atoms with E-state index >= 15 is 0 Å². The summed E-state index contributed by atoms with van der Waals surface area (Å²) >= 11 is 0. The number of hydrogen-bond donors (Lipinski definition) is 1. The van der Waals surface area contributed by atoms with E-state index in [9.17, 15) is 0 Å². The average Bonchev–Trinajstić information content (AvgIpc) is 2.62. The average molecular weight is 203 g/mol.